The molecule has 3 rings (SSSR count). The summed E-state index contributed by atoms with van der Waals surface area (Å²) in [6, 6.07) is 5.89. The zero-order valence-corrected chi connectivity index (χ0v) is 14.5. The number of nitrogens with zero attached hydrogens (tertiary/aromatic N) is 3. The van der Waals surface area contributed by atoms with Crippen molar-refractivity contribution < 1.29 is 9.21 Å². The monoisotopic (exact) mass is 341 g/mol. The maximum atomic E-state index is 12.4. The maximum absolute atomic E-state index is 12.4. The Morgan fingerprint density at radius 2 is 2.08 bits per heavy atom. The lowest BCUT2D eigenvalue weighted by Crippen LogP contribution is -2.30. The van der Waals surface area contributed by atoms with Crippen LogP contribution in [0.4, 0.5) is 0 Å². The van der Waals surface area contributed by atoms with Crippen molar-refractivity contribution in [2.24, 2.45) is 0 Å². The lowest BCUT2D eigenvalue weighted by molar-refractivity contribution is -0.129. The first-order chi connectivity index (χ1) is 11.6. The zero-order valence-electron chi connectivity index (χ0n) is 13.7. The largest absolute Gasteiger partial charge is 0.441 e. The second-order valence-electron chi connectivity index (χ2n) is 5.63. The molecule has 0 saturated heterocycles. The van der Waals surface area contributed by atoms with Gasteiger partial charge in [0.2, 0.25) is 11.8 Å². The molecule has 24 heavy (non-hydrogen) atoms. The van der Waals surface area contributed by atoms with E-state index in [-0.39, 0.29) is 12.3 Å². The molecule has 0 atom stereocenters. The Morgan fingerprint density at radius 3 is 2.79 bits per heavy atom. The summed E-state index contributed by atoms with van der Waals surface area (Å²) in [6.07, 6.45) is 4.60. The summed E-state index contributed by atoms with van der Waals surface area (Å²) >= 11 is 1.59. The summed E-state index contributed by atoms with van der Waals surface area (Å²) in [5.41, 5.74) is 2.83. The van der Waals surface area contributed by atoms with Crippen molar-refractivity contribution in [3.05, 3.63) is 58.4 Å². The van der Waals surface area contributed by atoms with Gasteiger partial charge in [0.1, 0.15) is 5.76 Å². The third kappa shape index (κ3) is 3.89. The number of aryl methyl sites for hydroxylation is 1. The molecule has 0 saturated carbocycles. The molecule has 3 aromatic heterocycles. The van der Waals surface area contributed by atoms with Crippen LogP contribution < -0.4 is 0 Å². The van der Waals surface area contributed by atoms with E-state index >= 15 is 0 Å². The molecule has 0 N–H and O–H groups in total. The molecule has 0 aliphatic rings. The first-order valence-electron chi connectivity index (χ1n) is 7.75. The fourth-order valence-electron chi connectivity index (χ4n) is 2.35. The second-order valence-corrected chi connectivity index (χ2v) is 6.41. The summed E-state index contributed by atoms with van der Waals surface area (Å²) in [4.78, 5) is 22.6. The van der Waals surface area contributed by atoms with Crippen LogP contribution in [-0.2, 0) is 17.6 Å². The molecule has 3 heterocycles. The second kappa shape index (κ2) is 7.40. The number of pyridine rings is 1. The number of carbonyl (C=O) groups is 1. The summed E-state index contributed by atoms with van der Waals surface area (Å²) in [5, 5.41) is 3.96. The van der Waals surface area contributed by atoms with Crippen LogP contribution >= 0.6 is 11.3 Å². The van der Waals surface area contributed by atoms with E-state index in [1.54, 1.807) is 28.6 Å². The number of carbonyl (C=O) groups excluding carboxylic acids is 1. The Morgan fingerprint density at radius 1 is 1.29 bits per heavy atom. The normalized spacial score (nSPS) is 10.8. The molecule has 1 amide bonds. The van der Waals surface area contributed by atoms with E-state index < -0.39 is 0 Å². The number of hydrogen-bond donors (Lipinski definition) is 0. The third-order valence-corrected chi connectivity index (χ3v) is 4.57. The number of hydrogen-bond acceptors (Lipinski definition) is 5. The SMILES string of the molecule is Cc1oc(-c2ccsc2)nc1CC(=O)N(C)CCc1ccncc1. The Kier molecular flexibility index (Phi) is 5.05. The number of rotatable bonds is 6. The Bertz CT molecular complexity index is 797. The minimum Gasteiger partial charge on any atom is -0.441 e. The van der Waals surface area contributed by atoms with Gasteiger partial charge in [0.15, 0.2) is 0 Å². The highest BCUT2D eigenvalue weighted by molar-refractivity contribution is 7.08. The van der Waals surface area contributed by atoms with E-state index in [0.29, 0.717) is 23.9 Å². The van der Waals surface area contributed by atoms with E-state index in [4.69, 9.17) is 4.42 Å². The van der Waals surface area contributed by atoms with Crippen molar-refractivity contribution in [2.45, 2.75) is 19.8 Å². The summed E-state index contributed by atoms with van der Waals surface area (Å²) in [7, 11) is 1.82. The first-order valence-corrected chi connectivity index (χ1v) is 8.69. The molecule has 0 bridgehead atoms. The molecule has 124 valence electrons. The minimum absolute atomic E-state index is 0.0392. The first kappa shape index (κ1) is 16.4. The van der Waals surface area contributed by atoms with Crippen molar-refractivity contribution >= 4 is 17.2 Å². The van der Waals surface area contributed by atoms with E-state index in [0.717, 1.165) is 12.0 Å². The minimum atomic E-state index is 0.0392. The summed E-state index contributed by atoms with van der Waals surface area (Å²) in [6.45, 7) is 2.51. The molecule has 0 aliphatic carbocycles. The van der Waals surface area contributed by atoms with Gasteiger partial charge in [-0.3, -0.25) is 9.78 Å². The lowest BCUT2D eigenvalue weighted by Gasteiger charge is -2.16. The fraction of sp³-hybridized carbons (Fsp3) is 0.278. The molecule has 0 radical (unpaired) electrons. The topological polar surface area (TPSA) is 59.2 Å². The van der Waals surface area contributed by atoms with Gasteiger partial charge in [-0.05, 0) is 42.5 Å². The van der Waals surface area contributed by atoms with Crippen LogP contribution in [0, 0.1) is 6.92 Å². The van der Waals surface area contributed by atoms with Crippen LogP contribution in [0.5, 0.6) is 0 Å². The summed E-state index contributed by atoms with van der Waals surface area (Å²) in [5.74, 6) is 1.32. The van der Waals surface area contributed by atoms with Crippen molar-refractivity contribution in [2.75, 3.05) is 13.6 Å². The molecule has 6 heteroatoms. The van der Waals surface area contributed by atoms with E-state index in [1.807, 2.05) is 42.9 Å². The molecule has 0 unspecified atom stereocenters. The molecular formula is C18H19N3O2S. The molecule has 0 aliphatic heterocycles. The molecule has 0 fully saturated rings. The van der Waals surface area contributed by atoms with E-state index in [2.05, 4.69) is 9.97 Å². The smallest absolute Gasteiger partial charge is 0.228 e. The van der Waals surface area contributed by atoms with Crippen molar-refractivity contribution in [3.63, 3.8) is 0 Å². The third-order valence-electron chi connectivity index (χ3n) is 3.89. The van der Waals surface area contributed by atoms with Crippen LogP contribution in [0.3, 0.4) is 0 Å². The van der Waals surface area contributed by atoms with Gasteiger partial charge >= 0.3 is 0 Å². The van der Waals surface area contributed by atoms with Gasteiger partial charge in [0.05, 0.1) is 12.1 Å². The van der Waals surface area contributed by atoms with Crippen LogP contribution in [0.15, 0.2) is 45.8 Å². The number of aromatic nitrogens is 2. The predicted molar refractivity (Wildman–Crippen MR) is 93.8 cm³/mol. The van der Waals surface area contributed by atoms with Gasteiger partial charge < -0.3 is 9.32 Å². The van der Waals surface area contributed by atoms with Crippen molar-refractivity contribution in [1.82, 2.24) is 14.9 Å². The molecule has 0 aromatic carbocycles. The lowest BCUT2D eigenvalue weighted by atomic mass is 10.2. The highest BCUT2D eigenvalue weighted by Crippen LogP contribution is 2.24. The van der Waals surface area contributed by atoms with E-state index in [9.17, 15) is 4.79 Å². The quantitative estimate of drug-likeness (QED) is 0.690. The summed E-state index contributed by atoms with van der Waals surface area (Å²) < 4.78 is 5.69. The zero-order chi connectivity index (χ0) is 16.9. The average molecular weight is 341 g/mol. The highest BCUT2D eigenvalue weighted by atomic mass is 32.1. The van der Waals surface area contributed by atoms with Crippen LogP contribution in [0.2, 0.25) is 0 Å². The van der Waals surface area contributed by atoms with Gasteiger partial charge in [-0.25, -0.2) is 4.98 Å². The van der Waals surface area contributed by atoms with Gasteiger partial charge in [0.25, 0.3) is 0 Å². The van der Waals surface area contributed by atoms with Gasteiger partial charge in [-0.2, -0.15) is 11.3 Å². The Balaban J connectivity index is 1.60. The maximum Gasteiger partial charge on any atom is 0.228 e. The highest BCUT2D eigenvalue weighted by Gasteiger charge is 2.17. The van der Waals surface area contributed by atoms with Gasteiger partial charge in [-0.15, -0.1) is 0 Å². The number of likely N-dealkylation sites (N-methyl/N-ethyl adjacent to an activating group) is 1. The van der Waals surface area contributed by atoms with Gasteiger partial charge in [0, 0.05) is 36.9 Å². The number of oxazole rings is 1. The average Bonchev–Trinajstić information content (AvgIpc) is 3.24. The molecule has 0 spiro atoms. The fourth-order valence-corrected chi connectivity index (χ4v) is 2.98. The standard InChI is InChI=1S/C18H19N3O2S/c1-13-16(20-18(23-13)15-6-10-24-12-15)11-17(22)21(2)9-5-14-3-7-19-8-4-14/h3-4,6-8,10,12H,5,9,11H2,1-2H3. The molecular weight excluding hydrogens is 322 g/mol. The van der Waals surface area contributed by atoms with Crippen LogP contribution in [0.1, 0.15) is 17.0 Å². The van der Waals surface area contributed by atoms with Crippen LogP contribution in [-0.4, -0.2) is 34.4 Å². The van der Waals surface area contributed by atoms with Crippen molar-refractivity contribution in [1.29, 1.82) is 0 Å². The van der Waals surface area contributed by atoms with Crippen LogP contribution in [0.25, 0.3) is 11.5 Å². The number of amides is 1. The van der Waals surface area contributed by atoms with E-state index in [1.165, 1.54) is 5.56 Å². The predicted octanol–water partition coefficient (Wildman–Crippen LogP) is 3.35. The van der Waals surface area contributed by atoms with Crippen molar-refractivity contribution in [3.8, 4) is 11.5 Å². The Labute approximate surface area is 145 Å². The number of thiophene rings is 1. The Hall–Kier alpha value is -2.47. The molecule has 3 aromatic rings. The molecule has 5 nitrogen and oxygen atoms in total. The van der Waals surface area contributed by atoms with Gasteiger partial charge in [-0.1, -0.05) is 0 Å².